The molecule has 5 nitrogen and oxygen atoms in total. The standard InChI is InChI=1S/C10H12O5/c11-3-7(12)14-8-4-1-5-6(2-4)10(13)15-9(5)8/h4-6,8-9,11H,1-3H2. The highest BCUT2D eigenvalue weighted by atomic mass is 16.6. The normalized spacial score (nSPS) is 45.7. The fourth-order valence-electron chi connectivity index (χ4n) is 3.25. The van der Waals surface area contributed by atoms with Crippen LogP contribution in [0.4, 0.5) is 0 Å². The molecule has 3 rings (SSSR count). The van der Waals surface area contributed by atoms with E-state index < -0.39 is 12.6 Å². The Kier molecular flexibility index (Phi) is 1.80. The van der Waals surface area contributed by atoms with Crippen molar-refractivity contribution in [1.82, 2.24) is 0 Å². The Morgan fingerprint density at radius 3 is 3.07 bits per heavy atom. The van der Waals surface area contributed by atoms with Crippen LogP contribution in [0.3, 0.4) is 0 Å². The van der Waals surface area contributed by atoms with Gasteiger partial charge in [-0.1, -0.05) is 0 Å². The van der Waals surface area contributed by atoms with Gasteiger partial charge in [0.1, 0.15) is 18.8 Å². The van der Waals surface area contributed by atoms with Gasteiger partial charge in [0.15, 0.2) is 0 Å². The molecule has 1 aliphatic heterocycles. The first kappa shape index (κ1) is 9.15. The lowest BCUT2D eigenvalue weighted by Crippen LogP contribution is -2.36. The number of hydrogen-bond donors (Lipinski definition) is 1. The summed E-state index contributed by atoms with van der Waals surface area (Å²) in [5, 5.41) is 8.60. The van der Waals surface area contributed by atoms with E-state index >= 15 is 0 Å². The van der Waals surface area contributed by atoms with E-state index in [0.717, 1.165) is 12.8 Å². The Morgan fingerprint density at radius 1 is 1.53 bits per heavy atom. The summed E-state index contributed by atoms with van der Waals surface area (Å²) in [5.74, 6) is -0.267. The van der Waals surface area contributed by atoms with Gasteiger partial charge in [0.25, 0.3) is 0 Å². The van der Waals surface area contributed by atoms with Gasteiger partial charge in [0.05, 0.1) is 5.92 Å². The van der Waals surface area contributed by atoms with Crippen LogP contribution >= 0.6 is 0 Å². The van der Waals surface area contributed by atoms with Crippen molar-refractivity contribution < 1.29 is 24.2 Å². The van der Waals surface area contributed by atoms with Crippen LogP contribution in [-0.2, 0) is 19.1 Å². The molecule has 0 spiro atoms. The Bertz CT molecular complexity index is 326. The number of esters is 2. The molecule has 0 aromatic rings. The van der Waals surface area contributed by atoms with Crippen molar-refractivity contribution in [3.8, 4) is 0 Å². The minimum atomic E-state index is -0.632. The zero-order valence-electron chi connectivity index (χ0n) is 8.09. The van der Waals surface area contributed by atoms with Crippen molar-refractivity contribution in [2.75, 3.05) is 6.61 Å². The van der Waals surface area contributed by atoms with Crippen LogP contribution in [0, 0.1) is 17.8 Å². The molecule has 3 fully saturated rings. The molecule has 5 heteroatoms. The highest BCUT2D eigenvalue weighted by molar-refractivity contribution is 5.77. The third-order valence-electron chi connectivity index (χ3n) is 3.81. The highest BCUT2D eigenvalue weighted by Gasteiger charge is 2.63. The second kappa shape index (κ2) is 2.95. The molecule has 2 aliphatic carbocycles. The monoisotopic (exact) mass is 212 g/mol. The SMILES string of the molecule is O=C(CO)OC1C2CC3C(=O)OC1C3C2. The van der Waals surface area contributed by atoms with Gasteiger partial charge in [-0.2, -0.15) is 0 Å². The number of rotatable bonds is 2. The van der Waals surface area contributed by atoms with E-state index in [2.05, 4.69) is 0 Å². The molecular weight excluding hydrogens is 200 g/mol. The zero-order chi connectivity index (χ0) is 10.6. The van der Waals surface area contributed by atoms with Crippen molar-refractivity contribution in [2.24, 2.45) is 17.8 Å². The van der Waals surface area contributed by atoms with E-state index in [9.17, 15) is 9.59 Å². The van der Waals surface area contributed by atoms with Crippen molar-refractivity contribution >= 4 is 11.9 Å². The van der Waals surface area contributed by atoms with E-state index in [1.165, 1.54) is 0 Å². The molecule has 15 heavy (non-hydrogen) atoms. The molecule has 82 valence electrons. The number of fused-ring (bicyclic) bond motifs is 1. The summed E-state index contributed by atoms with van der Waals surface area (Å²) in [6.45, 7) is -0.613. The van der Waals surface area contributed by atoms with Crippen molar-refractivity contribution in [3.63, 3.8) is 0 Å². The van der Waals surface area contributed by atoms with Crippen LogP contribution in [0.5, 0.6) is 0 Å². The van der Waals surface area contributed by atoms with E-state index in [4.69, 9.17) is 14.6 Å². The summed E-state index contributed by atoms with van der Waals surface area (Å²) in [5.41, 5.74) is 0. The summed E-state index contributed by atoms with van der Waals surface area (Å²) >= 11 is 0. The fraction of sp³-hybridized carbons (Fsp3) is 0.800. The van der Waals surface area contributed by atoms with Crippen molar-refractivity contribution in [3.05, 3.63) is 0 Å². The van der Waals surface area contributed by atoms with Crippen LogP contribution in [0.1, 0.15) is 12.8 Å². The van der Waals surface area contributed by atoms with Gasteiger partial charge in [-0.05, 0) is 12.8 Å². The Balaban J connectivity index is 1.78. The Labute approximate surface area is 86.4 Å². The molecule has 0 aromatic heterocycles. The van der Waals surface area contributed by atoms with Gasteiger partial charge in [-0.25, -0.2) is 4.79 Å². The first-order valence-corrected chi connectivity index (χ1v) is 5.21. The number of hydrogen-bond acceptors (Lipinski definition) is 5. The number of aliphatic hydroxyl groups excluding tert-OH is 1. The molecular formula is C10H12O5. The molecule has 3 aliphatic rings. The highest BCUT2D eigenvalue weighted by Crippen LogP contribution is 2.55. The molecule has 2 bridgehead atoms. The Hall–Kier alpha value is -1.10. The third kappa shape index (κ3) is 1.13. The largest absolute Gasteiger partial charge is 0.458 e. The zero-order valence-corrected chi connectivity index (χ0v) is 8.09. The molecule has 0 radical (unpaired) electrons. The molecule has 0 amide bonds. The fourth-order valence-corrected chi connectivity index (χ4v) is 3.25. The second-order valence-electron chi connectivity index (χ2n) is 4.52. The van der Waals surface area contributed by atoms with Crippen LogP contribution in [0.25, 0.3) is 0 Å². The second-order valence-corrected chi connectivity index (χ2v) is 4.52. The van der Waals surface area contributed by atoms with Gasteiger partial charge in [0, 0.05) is 11.8 Å². The predicted molar refractivity (Wildman–Crippen MR) is 46.5 cm³/mol. The lowest BCUT2D eigenvalue weighted by molar-refractivity contribution is -0.164. The average molecular weight is 212 g/mol. The minimum Gasteiger partial charge on any atom is -0.458 e. The maximum Gasteiger partial charge on any atom is 0.332 e. The van der Waals surface area contributed by atoms with Crippen LogP contribution in [0.15, 0.2) is 0 Å². The summed E-state index contributed by atoms with van der Waals surface area (Å²) < 4.78 is 10.3. The predicted octanol–water partition coefficient (Wildman–Crippen LogP) is -0.528. The van der Waals surface area contributed by atoms with E-state index in [1.54, 1.807) is 0 Å². The lowest BCUT2D eigenvalue weighted by atomic mass is 9.88. The quantitative estimate of drug-likeness (QED) is 0.623. The molecule has 1 heterocycles. The van der Waals surface area contributed by atoms with Crippen LogP contribution in [-0.4, -0.2) is 35.9 Å². The van der Waals surface area contributed by atoms with Gasteiger partial charge >= 0.3 is 11.9 Å². The summed E-state index contributed by atoms with van der Waals surface area (Å²) in [7, 11) is 0. The summed E-state index contributed by atoms with van der Waals surface area (Å²) in [6, 6.07) is 0. The van der Waals surface area contributed by atoms with Crippen molar-refractivity contribution in [1.29, 1.82) is 0 Å². The molecule has 2 saturated carbocycles. The lowest BCUT2D eigenvalue weighted by Gasteiger charge is -2.24. The molecule has 1 saturated heterocycles. The number of carbonyl (C=O) groups excluding carboxylic acids is 2. The smallest absolute Gasteiger partial charge is 0.332 e. The third-order valence-corrected chi connectivity index (χ3v) is 3.81. The number of ether oxygens (including phenoxy) is 2. The van der Waals surface area contributed by atoms with Gasteiger partial charge < -0.3 is 14.6 Å². The van der Waals surface area contributed by atoms with Gasteiger partial charge in [-0.3, -0.25) is 4.79 Å². The van der Waals surface area contributed by atoms with Crippen LogP contribution < -0.4 is 0 Å². The summed E-state index contributed by atoms with van der Waals surface area (Å²) in [6.07, 6.45) is 1.10. The average Bonchev–Trinajstić information content (AvgIpc) is 2.81. The first-order chi connectivity index (χ1) is 7.20. The maximum atomic E-state index is 11.4. The number of carbonyl (C=O) groups is 2. The topological polar surface area (TPSA) is 72.8 Å². The molecule has 0 aromatic carbocycles. The maximum absolute atomic E-state index is 11.4. The first-order valence-electron chi connectivity index (χ1n) is 5.21. The minimum absolute atomic E-state index is 0.0316. The van der Waals surface area contributed by atoms with E-state index in [0.29, 0.717) is 0 Å². The molecule has 5 atom stereocenters. The van der Waals surface area contributed by atoms with E-state index in [-0.39, 0.29) is 35.9 Å². The number of aliphatic hydroxyl groups is 1. The molecule has 1 N–H and O–H groups in total. The molecule has 5 unspecified atom stereocenters. The van der Waals surface area contributed by atoms with Gasteiger partial charge in [-0.15, -0.1) is 0 Å². The van der Waals surface area contributed by atoms with Crippen molar-refractivity contribution in [2.45, 2.75) is 25.0 Å². The summed E-state index contributed by atoms with van der Waals surface area (Å²) in [4.78, 5) is 22.4. The van der Waals surface area contributed by atoms with Crippen LogP contribution in [0.2, 0.25) is 0 Å². The van der Waals surface area contributed by atoms with Gasteiger partial charge in [0.2, 0.25) is 0 Å². The Morgan fingerprint density at radius 2 is 2.33 bits per heavy atom. The van der Waals surface area contributed by atoms with E-state index in [1.807, 2.05) is 0 Å².